The standard InChI is InChI=1S/C12H18N6/c1-9-15-11(13-2)5-12(16-9)17(3)7-10-6-14-18(4)8-10/h5-6,8H,7H2,1-4H3,(H,13,15,16). The van der Waals surface area contributed by atoms with Crippen molar-refractivity contribution in [2.24, 2.45) is 7.05 Å². The first-order valence-electron chi connectivity index (χ1n) is 5.80. The van der Waals surface area contributed by atoms with Crippen molar-refractivity contribution in [3.63, 3.8) is 0 Å². The van der Waals surface area contributed by atoms with Crippen molar-refractivity contribution >= 4 is 11.6 Å². The zero-order valence-electron chi connectivity index (χ0n) is 11.2. The molecular formula is C12H18N6. The van der Waals surface area contributed by atoms with E-state index in [9.17, 15) is 0 Å². The molecule has 6 heteroatoms. The highest BCUT2D eigenvalue weighted by Crippen LogP contribution is 2.16. The summed E-state index contributed by atoms with van der Waals surface area (Å²) in [5, 5.41) is 7.20. The van der Waals surface area contributed by atoms with Crippen molar-refractivity contribution in [3.05, 3.63) is 29.8 Å². The molecule has 2 heterocycles. The van der Waals surface area contributed by atoms with E-state index in [-0.39, 0.29) is 0 Å². The monoisotopic (exact) mass is 246 g/mol. The van der Waals surface area contributed by atoms with Crippen molar-refractivity contribution in [2.45, 2.75) is 13.5 Å². The highest BCUT2D eigenvalue weighted by Gasteiger charge is 2.07. The molecule has 0 unspecified atom stereocenters. The van der Waals surface area contributed by atoms with E-state index in [1.807, 2.05) is 46.5 Å². The summed E-state index contributed by atoms with van der Waals surface area (Å²) in [6, 6.07) is 1.93. The maximum absolute atomic E-state index is 4.43. The van der Waals surface area contributed by atoms with Crippen molar-refractivity contribution in [2.75, 3.05) is 24.3 Å². The van der Waals surface area contributed by atoms with Crippen molar-refractivity contribution in [3.8, 4) is 0 Å². The summed E-state index contributed by atoms with van der Waals surface area (Å²) in [5.41, 5.74) is 1.15. The van der Waals surface area contributed by atoms with Gasteiger partial charge in [-0.3, -0.25) is 4.68 Å². The quantitative estimate of drug-likeness (QED) is 0.878. The molecule has 0 amide bonds. The lowest BCUT2D eigenvalue weighted by Crippen LogP contribution is -2.18. The lowest BCUT2D eigenvalue weighted by molar-refractivity contribution is 0.766. The number of aryl methyl sites for hydroxylation is 2. The van der Waals surface area contributed by atoms with E-state index in [0.29, 0.717) is 0 Å². The van der Waals surface area contributed by atoms with E-state index in [1.165, 1.54) is 0 Å². The Morgan fingerprint density at radius 1 is 1.39 bits per heavy atom. The lowest BCUT2D eigenvalue weighted by atomic mass is 10.3. The number of anilines is 2. The van der Waals surface area contributed by atoms with Gasteiger partial charge in [-0.15, -0.1) is 0 Å². The Morgan fingerprint density at radius 3 is 2.78 bits per heavy atom. The number of nitrogens with zero attached hydrogens (tertiary/aromatic N) is 5. The van der Waals surface area contributed by atoms with Crippen LogP contribution in [0, 0.1) is 6.92 Å². The Morgan fingerprint density at radius 2 is 2.17 bits per heavy atom. The second-order valence-electron chi connectivity index (χ2n) is 4.29. The van der Waals surface area contributed by atoms with Crippen LogP contribution in [-0.4, -0.2) is 33.8 Å². The van der Waals surface area contributed by atoms with Gasteiger partial charge in [-0.05, 0) is 6.92 Å². The van der Waals surface area contributed by atoms with E-state index in [4.69, 9.17) is 0 Å². The minimum atomic E-state index is 0.759. The first-order chi connectivity index (χ1) is 8.58. The highest BCUT2D eigenvalue weighted by atomic mass is 15.2. The van der Waals surface area contributed by atoms with Crippen molar-refractivity contribution in [1.29, 1.82) is 0 Å². The molecule has 0 radical (unpaired) electrons. The molecule has 1 N–H and O–H groups in total. The first kappa shape index (κ1) is 12.3. The van der Waals surface area contributed by atoms with Gasteiger partial charge in [0.15, 0.2) is 0 Å². The minimum Gasteiger partial charge on any atom is -0.373 e. The van der Waals surface area contributed by atoms with Crippen LogP contribution in [0.15, 0.2) is 18.5 Å². The highest BCUT2D eigenvalue weighted by molar-refractivity contribution is 5.48. The van der Waals surface area contributed by atoms with Gasteiger partial charge in [0.2, 0.25) is 0 Å². The number of hydrogen-bond donors (Lipinski definition) is 1. The summed E-state index contributed by atoms with van der Waals surface area (Å²) in [6.45, 7) is 2.66. The molecule has 0 saturated carbocycles. The summed E-state index contributed by atoms with van der Waals surface area (Å²) in [7, 11) is 5.78. The Bertz CT molecular complexity index is 533. The SMILES string of the molecule is CNc1cc(N(C)Cc2cnn(C)c2)nc(C)n1. The smallest absolute Gasteiger partial charge is 0.134 e. The van der Waals surface area contributed by atoms with Crippen LogP contribution in [0.25, 0.3) is 0 Å². The number of nitrogens with one attached hydrogen (secondary N) is 1. The second kappa shape index (κ2) is 5.03. The summed E-state index contributed by atoms with van der Waals surface area (Å²) >= 11 is 0. The van der Waals surface area contributed by atoms with Gasteiger partial charge in [0.05, 0.1) is 6.20 Å². The van der Waals surface area contributed by atoms with Gasteiger partial charge in [0, 0.05) is 45.5 Å². The molecule has 18 heavy (non-hydrogen) atoms. The number of rotatable bonds is 4. The maximum Gasteiger partial charge on any atom is 0.134 e. The summed E-state index contributed by atoms with van der Waals surface area (Å²) in [6.07, 6.45) is 3.87. The molecule has 2 aromatic rings. The normalized spacial score (nSPS) is 10.4. The average Bonchev–Trinajstić information content (AvgIpc) is 2.73. The van der Waals surface area contributed by atoms with Gasteiger partial charge in [0.1, 0.15) is 17.5 Å². The average molecular weight is 246 g/mol. The molecule has 0 fully saturated rings. The largest absolute Gasteiger partial charge is 0.373 e. The van der Waals surface area contributed by atoms with E-state index in [0.717, 1.165) is 29.6 Å². The molecule has 0 aromatic carbocycles. The second-order valence-corrected chi connectivity index (χ2v) is 4.29. The molecule has 0 saturated heterocycles. The lowest BCUT2D eigenvalue weighted by Gasteiger charge is -2.18. The van der Waals surface area contributed by atoms with Gasteiger partial charge in [-0.25, -0.2) is 9.97 Å². The van der Waals surface area contributed by atoms with Gasteiger partial charge in [0.25, 0.3) is 0 Å². The summed E-state index contributed by atoms with van der Waals surface area (Å²) in [4.78, 5) is 10.8. The van der Waals surface area contributed by atoms with E-state index >= 15 is 0 Å². The zero-order chi connectivity index (χ0) is 13.1. The third-order valence-electron chi connectivity index (χ3n) is 2.65. The molecule has 0 spiro atoms. The Kier molecular flexibility index (Phi) is 3.45. The van der Waals surface area contributed by atoms with Gasteiger partial charge in [-0.2, -0.15) is 5.10 Å². The Labute approximate surface area is 107 Å². The molecule has 0 aliphatic rings. The van der Waals surface area contributed by atoms with Crippen molar-refractivity contribution < 1.29 is 0 Å². The molecule has 0 aliphatic heterocycles. The predicted octanol–water partition coefficient (Wildman–Crippen LogP) is 1.20. The molecule has 0 bridgehead atoms. The fourth-order valence-electron chi connectivity index (χ4n) is 1.78. The van der Waals surface area contributed by atoms with Crippen LogP contribution < -0.4 is 10.2 Å². The van der Waals surface area contributed by atoms with Crippen LogP contribution in [0.5, 0.6) is 0 Å². The minimum absolute atomic E-state index is 0.759. The fourth-order valence-corrected chi connectivity index (χ4v) is 1.78. The molecule has 0 aliphatic carbocycles. The Hall–Kier alpha value is -2.11. The van der Waals surface area contributed by atoms with Gasteiger partial charge < -0.3 is 10.2 Å². The van der Waals surface area contributed by atoms with Gasteiger partial charge in [-0.1, -0.05) is 0 Å². The molecule has 6 nitrogen and oxygen atoms in total. The molecular weight excluding hydrogens is 228 g/mol. The molecule has 0 atom stereocenters. The number of hydrogen-bond acceptors (Lipinski definition) is 5. The van der Waals surface area contributed by atoms with Crippen LogP contribution in [0.1, 0.15) is 11.4 Å². The van der Waals surface area contributed by atoms with Crippen LogP contribution >= 0.6 is 0 Å². The summed E-state index contributed by atoms with van der Waals surface area (Å²) < 4.78 is 1.80. The topological polar surface area (TPSA) is 58.9 Å². The van der Waals surface area contributed by atoms with E-state index in [2.05, 4.69) is 25.3 Å². The van der Waals surface area contributed by atoms with E-state index in [1.54, 1.807) is 4.68 Å². The zero-order valence-corrected chi connectivity index (χ0v) is 11.2. The van der Waals surface area contributed by atoms with Crippen LogP contribution in [0.2, 0.25) is 0 Å². The number of aromatic nitrogens is 4. The van der Waals surface area contributed by atoms with Crippen LogP contribution in [0.3, 0.4) is 0 Å². The fraction of sp³-hybridized carbons (Fsp3) is 0.417. The maximum atomic E-state index is 4.43. The molecule has 2 rings (SSSR count). The Balaban J connectivity index is 2.17. The third-order valence-corrected chi connectivity index (χ3v) is 2.65. The summed E-state index contributed by atoms with van der Waals surface area (Å²) in [5.74, 6) is 2.49. The van der Waals surface area contributed by atoms with E-state index < -0.39 is 0 Å². The van der Waals surface area contributed by atoms with Crippen LogP contribution in [0.4, 0.5) is 11.6 Å². The van der Waals surface area contributed by atoms with Crippen LogP contribution in [-0.2, 0) is 13.6 Å². The molecule has 96 valence electrons. The predicted molar refractivity (Wildman–Crippen MR) is 71.6 cm³/mol. The van der Waals surface area contributed by atoms with Gasteiger partial charge >= 0.3 is 0 Å². The third kappa shape index (κ3) is 2.77. The first-order valence-corrected chi connectivity index (χ1v) is 5.80. The molecule has 2 aromatic heterocycles. The van der Waals surface area contributed by atoms with Crippen molar-refractivity contribution in [1.82, 2.24) is 19.7 Å².